The predicted molar refractivity (Wildman–Crippen MR) is 119 cm³/mol. The molecule has 0 spiro atoms. The number of carboxylic acids is 1. The summed E-state index contributed by atoms with van der Waals surface area (Å²) in [6.07, 6.45) is 14.3. The van der Waals surface area contributed by atoms with Crippen LogP contribution >= 0.6 is 0 Å². The van der Waals surface area contributed by atoms with Crippen molar-refractivity contribution >= 4 is 5.97 Å². The maximum atomic E-state index is 10.4. The number of hydrogen-bond donors (Lipinski definition) is 2. The van der Waals surface area contributed by atoms with Crippen LogP contribution in [-0.2, 0) is 16.1 Å². The Labute approximate surface area is 177 Å². The van der Waals surface area contributed by atoms with Crippen molar-refractivity contribution in [2.24, 2.45) is 0 Å². The second kappa shape index (κ2) is 17.5. The van der Waals surface area contributed by atoms with Crippen LogP contribution < -0.4 is 0 Å². The number of benzene rings is 1. The van der Waals surface area contributed by atoms with Crippen LogP contribution in [0.1, 0.15) is 102 Å². The van der Waals surface area contributed by atoms with E-state index < -0.39 is 5.97 Å². The van der Waals surface area contributed by atoms with E-state index in [2.05, 4.69) is 19.1 Å². The Hall–Kier alpha value is -1.39. The third-order valence-corrected chi connectivity index (χ3v) is 5.45. The van der Waals surface area contributed by atoms with E-state index in [1.54, 1.807) is 0 Å². The molecule has 0 heterocycles. The number of carbonyl (C=O) groups is 1. The maximum Gasteiger partial charge on any atom is 0.303 e. The number of aliphatic hydroxyl groups excluding tert-OH is 1. The zero-order valence-corrected chi connectivity index (χ0v) is 18.4. The van der Waals surface area contributed by atoms with E-state index in [1.165, 1.54) is 31.2 Å². The van der Waals surface area contributed by atoms with Crippen molar-refractivity contribution in [3.63, 3.8) is 0 Å². The fourth-order valence-electron chi connectivity index (χ4n) is 3.57. The van der Waals surface area contributed by atoms with Crippen LogP contribution in [0.25, 0.3) is 0 Å². The number of aliphatic hydroxyl groups is 1. The first-order valence-electron chi connectivity index (χ1n) is 11.6. The fourth-order valence-corrected chi connectivity index (χ4v) is 3.57. The Kier molecular flexibility index (Phi) is 15.4. The minimum Gasteiger partial charge on any atom is -0.481 e. The van der Waals surface area contributed by atoms with Crippen LogP contribution in [0.4, 0.5) is 0 Å². The fraction of sp³-hybridized carbons (Fsp3) is 0.720. The second-order valence-corrected chi connectivity index (χ2v) is 8.31. The summed E-state index contributed by atoms with van der Waals surface area (Å²) < 4.78 is 5.91. The molecule has 0 saturated heterocycles. The van der Waals surface area contributed by atoms with E-state index in [1.807, 2.05) is 18.2 Å². The summed E-state index contributed by atoms with van der Waals surface area (Å²) >= 11 is 0. The lowest BCUT2D eigenvalue weighted by molar-refractivity contribution is -0.137. The molecule has 0 bridgehead atoms. The summed E-state index contributed by atoms with van der Waals surface area (Å²) in [5, 5.41) is 18.6. The first-order valence-corrected chi connectivity index (χ1v) is 11.6. The van der Waals surface area contributed by atoms with Gasteiger partial charge in [-0.1, -0.05) is 88.1 Å². The van der Waals surface area contributed by atoms with Crippen molar-refractivity contribution in [3.8, 4) is 0 Å². The molecule has 0 fully saturated rings. The second-order valence-electron chi connectivity index (χ2n) is 8.31. The molecule has 0 aliphatic rings. The van der Waals surface area contributed by atoms with E-state index >= 15 is 0 Å². The van der Waals surface area contributed by atoms with Gasteiger partial charge in [0.05, 0.1) is 18.8 Å². The third kappa shape index (κ3) is 16.1. The van der Waals surface area contributed by atoms with Gasteiger partial charge in [0, 0.05) is 6.42 Å². The van der Waals surface area contributed by atoms with Gasteiger partial charge in [-0.25, -0.2) is 0 Å². The summed E-state index contributed by atoms with van der Waals surface area (Å²) in [6.45, 7) is 2.85. The standard InChI is InChI=1S/C25H42O4/c1-22(29-21-23-16-10-8-11-17-23)15-9-4-2-5-12-18-24(26)19-13-6-3-7-14-20-25(27)28/h8,10-11,16-17,22,24,26H,2-7,9,12-15,18-21H2,1H3,(H,27,28). The lowest BCUT2D eigenvalue weighted by atomic mass is 10.0. The van der Waals surface area contributed by atoms with Crippen molar-refractivity contribution in [2.75, 3.05) is 0 Å². The highest BCUT2D eigenvalue weighted by Gasteiger charge is 2.05. The molecular formula is C25H42O4. The van der Waals surface area contributed by atoms with E-state index in [9.17, 15) is 9.90 Å². The molecule has 29 heavy (non-hydrogen) atoms. The van der Waals surface area contributed by atoms with Gasteiger partial charge >= 0.3 is 5.97 Å². The van der Waals surface area contributed by atoms with E-state index in [-0.39, 0.29) is 12.5 Å². The first kappa shape index (κ1) is 25.6. The van der Waals surface area contributed by atoms with Crippen LogP contribution in [0.15, 0.2) is 30.3 Å². The zero-order valence-electron chi connectivity index (χ0n) is 18.4. The third-order valence-electron chi connectivity index (χ3n) is 5.45. The number of carboxylic acid groups (broad SMARTS) is 1. The summed E-state index contributed by atoms with van der Waals surface area (Å²) in [4.78, 5) is 10.4. The lowest BCUT2D eigenvalue weighted by Gasteiger charge is -2.13. The van der Waals surface area contributed by atoms with Gasteiger partial charge in [-0.05, 0) is 38.2 Å². The van der Waals surface area contributed by atoms with Gasteiger partial charge in [0.1, 0.15) is 0 Å². The molecule has 2 unspecified atom stereocenters. The molecule has 0 aromatic heterocycles. The van der Waals surface area contributed by atoms with Crippen molar-refractivity contribution in [2.45, 2.75) is 116 Å². The highest BCUT2D eigenvalue weighted by atomic mass is 16.5. The van der Waals surface area contributed by atoms with Gasteiger partial charge in [-0.3, -0.25) is 4.79 Å². The molecule has 1 aromatic carbocycles. The summed E-state index contributed by atoms with van der Waals surface area (Å²) in [5.74, 6) is -0.702. The largest absolute Gasteiger partial charge is 0.481 e. The Bertz CT molecular complexity index is 503. The predicted octanol–water partition coefficient (Wildman–Crippen LogP) is 6.50. The SMILES string of the molecule is CC(CCCCCCCC(O)CCCCCCCC(=O)O)OCc1ccccc1. The minimum absolute atomic E-state index is 0.166. The van der Waals surface area contributed by atoms with Gasteiger partial charge in [0.2, 0.25) is 0 Å². The Morgan fingerprint density at radius 2 is 1.34 bits per heavy atom. The molecule has 166 valence electrons. The monoisotopic (exact) mass is 406 g/mol. The van der Waals surface area contributed by atoms with Gasteiger partial charge < -0.3 is 14.9 Å². The number of ether oxygens (including phenoxy) is 1. The van der Waals surface area contributed by atoms with Crippen LogP contribution in [0.3, 0.4) is 0 Å². The van der Waals surface area contributed by atoms with Crippen LogP contribution in [-0.4, -0.2) is 28.4 Å². The van der Waals surface area contributed by atoms with Crippen LogP contribution in [0.2, 0.25) is 0 Å². The highest BCUT2D eigenvalue weighted by molar-refractivity contribution is 5.66. The van der Waals surface area contributed by atoms with Crippen molar-refractivity contribution in [1.82, 2.24) is 0 Å². The van der Waals surface area contributed by atoms with Crippen LogP contribution in [0.5, 0.6) is 0 Å². The average molecular weight is 407 g/mol. The average Bonchev–Trinajstić information content (AvgIpc) is 2.71. The quantitative estimate of drug-likeness (QED) is 0.257. The normalized spacial score (nSPS) is 13.3. The molecule has 0 aliphatic heterocycles. The van der Waals surface area contributed by atoms with Crippen LogP contribution in [0, 0.1) is 0 Å². The van der Waals surface area contributed by atoms with Crippen molar-refractivity contribution in [1.29, 1.82) is 0 Å². The van der Waals surface area contributed by atoms with Gasteiger partial charge in [0.25, 0.3) is 0 Å². The number of aliphatic carboxylic acids is 1. The highest BCUT2D eigenvalue weighted by Crippen LogP contribution is 2.15. The van der Waals surface area contributed by atoms with Crippen molar-refractivity contribution in [3.05, 3.63) is 35.9 Å². The number of unbranched alkanes of at least 4 members (excludes halogenated alkanes) is 8. The topological polar surface area (TPSA) is 66.8 Å². The first-order chi connectivity index (χ1) is 14.1. The molecule has 0 aliphatic carbocycles. The summed E-state index contributed by atoms with van der Waals surface area (Å²) in [5.41, 5.74) is 1.23. The molecule has 1 rings (SSSR count). The van der Waals surface area contributed by atoms with Gasteiger partial charge in [0.15, 0.2) is 0 Å². The van der Waals surface area contributed by atoms with E-state index in [0.717, 1.165) is 57.8 Å². The zero-order chi connectivity index (χ0) is 21.2. The Morgan fingerprint density at radius 3 is 1.93 bits per heavy atom. The molecule has 2 N–H and O–H groups in total. The summed E-state index contributed by atoms with van der Waals surface area (Å²) in [6, 6.07) is 10.3. The van der Waals surface area contributed by atoms with E-state index in [0.29, 0.717) is 12.7 Å². The smallest absolute Gasteiger partial charge is 0.303 e. The number of hydrogen-bond acceptors (Lipinski definition) is 3. The lowest BCUT2D eigenvalue weighted by Crippen LogP contribution is -2.08. The minimum atomic E-state index is -0.702. The van der Waals surface area contributed by atoms with E-state index in [4.69, 9.17) is 9.84 Å². The molecule has 0 amide bonds. The summed E-state index contributed by atoms with van der Waals surface area (Å²) in [7, 11) is 0. The molecule has 2 atom stereocenters. The molecule has 4 heteroatoms. The van der Waals surface area contributed by atoms with Gasteiger partial charge in [-0.15, -0.1) is 0 Å². The molecule has 0 saturated carbocycles. The Balaban J connectivity index is 1.84. The number of rotatable bonds is 19. The Morgan fingerprint density at radius 1 is 0.828 bits per heavy atom. The maximum absolute atomic E-state index is 10.4. The van der Waals surface area contributed by atoms with Crippen molar-refractivity contribution < 1.29 is 19.7 Å². The molecular weight excluding hydrogens is 364 g/mol. The molecule has 0 radical (unpaired) electrons. The van der Waals surface area contributed by atoms with Gasteiger partial charge in [-0.2, -0.15) is 0 Å². The molecule has 1 aromatic rings. The molecule has 4 nitrogen and oxygen atoms in total.